The van der Waals surface area contributed by atoms with Crippen LogP contribution in [0.2, 0.25) is 0 Å². The molecule has 0 aliphatic carbocycles. The molecule has 8 heteroatoms. The number of amides is 1. The predicted octanol–water partition coefficient (Wildman–Crippen LogP) is 3.53. The van der Waals surface area contributed by atoms with Crippen LogP contribution in [0.15, 0.2) is 53.6 Å². The van der Waals surface area contributed by atoms with E-state index in [1.807, 2.05) is 30.5 Å². The number of aromatic nitrogens is 1. The summed E-state index contributed by atoms with van der Waals surface area (Å²) in [4.78, 5) is 18.6. The average Bonchev–Trinajstić information content (AvgIpc) is 3.61. The molecular weight excluding hydrogens is 436 g/mol. The maximum absolute atomic E-state index is 13.4. The number of para-hydroxylation sites is 1. The Bertz CT molecular complexity index is 1260. The van der Waals surface area contributed by atoms with Crippen molar-refractivity contribution in [3.05, 3.63) is 59.8 Å². The van der Waals surface area contributed by atoms with Crippen LogP contribution in [0.4, 0.5) is 5.69 Å². The van der Waals surface area contributed by atoms with E-state index < -0.39 is 10.0 Å². The van der Waals surface area contributed by atoms with Crippen LogP contribution in [0, 0.1) is 0 Å². The minimum Gasteiger partial charge on any atom is -0.370 e. The van der Waals surface area contributed by atoms with Crippen molar-refractivity contribution in [3.63, 3.8) is 0 Å². The molecule has 5 rings (SSSR count). The predicted molar refractivity (Wildman–Crippen MR) is 130 cm³/mol. The zero-order valence-electron chi connectivity index (χ0n) is 18.7. The van der Waals surface area contributed by atoms with Gasteiger partial charge in [0.1, 0.15) is 4.90 Å². The molecule has 0 radical (unpaired) electrons. The minimum atomic E-state index is -3.64. The van der Waals surface area contributed by atoms with Crippen LogP contribution in [0.3, 0.4) is 0 Å². The van der Waals surface area contributed by atoms with Crippen molar-refractivity contribution in [1.82, 2.24) is 14.6 Å². The van der Waals surface area contributed by atoms with Crippen LogP contribution in [-0.2, 0) is 16.4 Å². The van der Waals surface area contributed by atoms with Crippen LogP contribution in [0.25, 0.3) is 10.9 Å². The molecule has 2 saturated heterocycles. The van der Waals surface area contributed by atoms with Crippen LogP contribution in [0.1, 0.15) is 41.6 Å². The molecule has 2 aliphatic rings. The van der Waals surface area contributed by atoms with E-state index in [4.69, 9.17) is 0 Å². The van der Waals surface area contributed by atoms with Gasteiger partial charge in [-0.05, 0) is 61.9 Å². The molecule has 7 nitrogen and oxygen atoms in total. The van der Waals surface area contributed by atoms with Gasteiger partial charge in [0.05, 0.1) is 5.69 Å². The maximum atomic E-state index is 13.4. The summed E-state index contributed by atoms with van der Waals surface area (Å²) in [7, 11) is -3.64. The number of anilines is 1. The van der Waals surface area contributed by atoms with Crippen molar-refractivity contribution >= 4 is 32.5 Å². The van der Waals surface area contributed by atoms with Gasteiger partial charge in [-0.1, -0.05) is 18.2 Å². The van der Waals surface area contributed by atoms with E-state index in [9.17, 15) is 13.2 Å². The molecule has 0 spiro atoms. The number of rotatable bonds is 7. The van der Waals surface area contributed by atoms with Gasteiger partial charge in [0, 0.05) is 55.4 Å². The largest absolute Gasteiger partial charge is 0.370 e. The summed E-state index contributed by atoms with van der Waals surface area (Å²) in [6.07, 6.45) is 6.54. The van der Waals surface area contributed by atoms with Crippen molar-refractivity contribution in [1.29, 1.82) is 0 Å². The number of hydrogen-bond acceptors (Lipinski definition) is 4. The lowest BCUT2D eigenvalue weighted by Crippen LogP contribution is -2.31. The Hall–Kier alpha value is -2.84. The summed E-state index contributed by atoms with van der Waals surface area (Å²) in [5.41, 5.74) is 3.32. The highest BCUT2D eigenvalue weighted by Crippen LogP contribution is 2.32. The summed E-state index contributed by atoms with van der Waals surface area (Å²) in [5.74, 6) is -0.249. The van der Waals surface area contributed by atoms with Crippen molar-refractivity contribution in [3.8, 4) is 0 Å². The summed E-state index contributed by atoms with van der Waals surface area (Å²) >= 11 is 0. The number of aromatic amines is 1. The zero-order chi connectivity index (χ0) is 22.8. The first-order valence-electron chi connectivity index (χ1n) is 11.8. The van der Waals surface area contributed by atoms with Gasteiger partial charge in [0.15, 0.2) is 0 Å². The summed E-state index contributed by atoms with van der Waals surface area (Å²) in [6.45, 7) is 3.26. The van der Waals surface area contributed by atoms with E-state index >= 15 is 0 Å². The van der Waals surface area contributed by atoms with Crippen molar-refractivity contribution in [2.75, 3.05) is 37.6 Å². The van der Waals surface area contributed by atoms with Crippen LogP contribution < -0.4 is 10.2 Å². The molecule has 2 aliphatic heterocycles. The van der Waals surface area contributed by atoms with Crippen LogP contribution in [0.5, 0.6) is 0 Å². The SMILES string of the molecule is O=C(NCCc1c[nH]c2ccccc12)c1ccc(N2CCCC2)c(S(=O)(=O)N2CCCC2)c1. The Morgan fingerprint density at radius 3 is 2.48 bits per heavy atom. The van der Waals surface area contributed by atoms with Gasteiger partial charge >= 0.3 is 0 Å². The fraction of sp³-hybridized carbons (Fsp3) is 0.400. The highest BCUT2D eigenvalue weighted by molar-refractivity contribution is 7.89. The number of benzene rings is 2. The summed E-state index contributed by atoms with van der Waals surface area (Å²) < 4.78 is 28.4. The molecule has 2 aromatic carbocycles. The molecule has 33 heavy (non-hydrogen) atoms. The van der Waals surface area contributed by atoms with Crippen molar-refractivity contribution in [2.45, 2.75) is 37.0 Å². The highest BCUT2D eigenvalue weighted by atomic mass is 32.2. The minimum absolute atomic E-state index is 0.249. The van der Waals surface area contributed by atoms with Gasteiger partial charge in [-0.2, -0.15) is 4.31 Å². The number of fused-ring (bicyclic) bond motifs is 1. The fourth-order valence-corrected chi connectivity index (χ4v) is 6.65. The van der Waals surface area contributed by atoms with E-state index in [0.717, 1.165) is 60.9 Å². The van der Waals surface area contributed by atoms with E-state index in [1.165, 1.54) is 0 Å². The molecule has 1 amide bonds. The molecule has 0 bridgehead atoms. The smallest absolute Gasteiger partial charge is 0.251 e. The molecule has 3 aromatic rings. The first kappa shape index (κ1) is 22.0. The Labute approximate surface area is 194 Å². The molecule has 3 heterocycles. The second-order valence-corrected chi connectivity index (χ2v) is 10.8. The Morgan fingerprint density at radius 1 is 0.970 bits per heavy atom. The van der Waals surface area contributed by atoms with Crippen molar-refractivity contribution < 1.29 is 13.2 Å². The van der Waals surface area contributed by atoms with Gasteiger partial charge in [0.2, 0.25) is 10.0 Å². The first-order valence-corrected chi connectivity index (χ1v) is 13.2. The second-order valence-electron chi connectivity index (χ2n) is 8.85. The average molecular weight is 467 g/mol. The molecule has 0 unspecified atom stereocenters. The topological polar surface area (TPSA) is 85.5 Å². The molecular formula is C25H30N4O3S. The quantitative estimate of drug-likeness (QED) is 0.558. The Balaban J connectivity index is 1.35. The first-order chi connectivity index (χ1) is 16.0. The van der Waals surface area contributed by atoms with Gasteiger partial charge in [-0.15, -0.1) is 0 Å². The highest BCUT2D eigenvalue weighted by Gasteiger charge is 2.32. The Morgan fingerprint density at radius 2 is 1.70 bits per heavy atom. The molecule has 0 saturated carbocycles. The molecule has 2 fully saturated rings. The number of carbonyl (C=O) groups excluding carboxylic acids is 1. The summed E-state index contributed by atoms with van der Waals surface area (Å²) in [6, 6.07) is 13.2. The van der Waals surface area contributed by atoms with E-state index in [-0.39, 0.29) is 10.8 Å². The molecule has 2 N–H and O–H groups in total. The third-order valence-corrected chi connectivity index (χ3v) is 8.63. The van der Waals surface area contributed by atoms with Gasteiger partial charge in [0.25, 0.3) is 5.91 Å². The number of sulfonamides is 1. The van der Waals surface area contributed by atoms with Gasteiger partial charge in [-0.25, -0.2) is 8.42 Å². The standard InChI is InChI=1S/C25H30N4O3S/c30-25(26-12-11-20-18-27-22-8-2-1-7-21(20)22)19-9-10-23(28-13-3-4-14-28)24(17-19)33(31,32)29-15-5-6-16-29/h1-2,7-10,17-18,27H,3-6,11-16H2,(H,26,30). The molecule has 0 atom stereocenters. The maximum Gasteiger partial charge on any atom is 0.251 e. The second kappa shape index (κ2) is 9.19. The van der Waals surface area contributed by atoms with E-state index in [0.29, 0.717) is 31.6 Å². The number of nitrogens with one attached hydrogen (secondary N) is 2. The van der Waals surface area contributed by atoms with Crippen LogP contribution in [-0.4, -0.2) is 56.3 Å². The van der Waals surface area contributed by atoms with Gasteiger partial charge in [-0.3, -0.25) is 4.79 Å². The zero-order valence-corrected chi connectivity index (χ0v) is 19.5. The number of nitrogens with zero attached hydrogens (tertiary/aromatic N) is 2. The lowest BCUT2D eigenvalue weighted by atomic mass is 10.1. The third kappa shape index (κ3) is 4.37. The number of hydrogen-bond donors (Lipinski definition) is 2. The van der Waals surface area contributed by atoms with E-state index in [2.05, 4.69) is 21.3 Å². The molecule has 174 valence electrons. The molecule has 1 aromatic heterocycles. The number of carbonyl (C=O) groups is 1. The monoisotopic (exact) mass is 466 g/mol. The summed E-state index contributed by atoms with van der Waals surface area (Å²) in [5, 5.41) is 4.12. The third-order valence-electron chi connectivity index (χ3n) is 6.71. The Kier molecular flexibility index (Phi) is 6.12. The lowest BCUT2D eigenvalue weighted by Gasteiger charge is -2.24. The normalized spacial score (nSPS) is 17.2. The number of H-pyrrole nitrogens is 1. The van der Waals surface area contributed by atoms with Crippen LogP contribution >= 0.6 is 0 Å². The lowest BCUT2D eigenvalue weighted by molar-refractivity contribution is 0.0954. The fourth-order valence-electron chi connectivity index (χ4n) is 4.90. The van der Waals surface area contributed by atoms with E-state index in [1.54, 1.807) is 16.4 Å². The van der Waals surface area contributed by atoms with Crippen molar-refractivity contribution in [2.24, 2.45) is 0 Å². The van der Waals surface area contributed by atoms with Gasteiger partial charge < -0.3 is 15.2 Å².